The van der Waals surface area contributed by atoms with E-state index in [2.05, 4.69) is 26.6 Å². The van der Waals surface area contributed by atoms with Crippen molar-refractivity contribution in [3.8, 4) is 5.75 Å². The number of para-hydroxylation sites is 2. The molecule has 3 aromatic rings. The van der Waals surface area contributed by atoms with E-state index in [0.717, 1.165) is 4.47 Å². The zero-order chi connectivity index (χ0) is 19.9. The molecule has 1 amide bonds. The molecule has 28 heavy (non-hydrogen) atoms. The highest BCUT2D eigenvalue weighted by Crippen LogP contribution is 2.24. The molecule has 0 aromatic heterocycles. The molecule has 3 rings (SSSR count). The zero-order valence-electron chi connectivity index (χ0n) is 15.2. The number of ether oxygens (including phenoxy) is 1. The van der Waals surface area contributed by atoms with Gasteiger partial charge < -0.3 is 15.4 Å². The number of carbonyl (C=O) groups excluding carboxylic acids is 2. The Kier molecular flexibility index (Phi) is 6.45. The monoisotopic (exact) mass is 438 g/mol. The molecule has 0 spiro atoms. The number of nitrogens with one attached hydrogen (secondary N) is 2. The Morgan fingerprint density at radius 2 is 1.50 bits per heavy atom. The van der Waals surface area contributed by atoms with E-state index >= 15 is 0 Å². The second kappa shape index (κ2) is 9.19. The summed E-state index contributed by atoms with van der Waals surface area (Å²) < 4.78 is 6.21. The molecule has 0 unspecified atom stereocenters. The third-order valence-electron chi connectivity index (χ3n) is 4.11. The molecule has 6 heteroatoms. The molecule has 0 saturated carbocycles. The number of hydrogen-bond donors (Lipinski definition) is 2. The predicted molar refractivity (Wildman–Crippen MR) is 113 cm³/mol. The van der Waals surface area contributed by atoms with Gasteiger partial charge in [0, 0.05) is 15.6 Å². The fraction of sp³-hybridized carbons (Fsp3) is 0.0909. The first-order chi connectivity index (χ1) is 13.6. The van der Waals surface area contributed by atoms with E-state index in [1.807, 2.05) is 18.2 Å². The van der Waals surface area contributed by atoms with Gasteiger partial charge >= 0.3 is 0 Å². The third-order valence-corrected chi connectivity index (χ3v) is 4.64. The summed E-state index contributed by atoms with van der Waals surface area (Å²) in [6.45, 7) is 0. The van der Waals surface area contributed by atoms with Crippen LogP contribution >= 0.6 is 15.9 Å². The molecular formula is C22H19BrN2O3. The highest BCUT2D eigenvalue weighted by Gasteiger charge is 2.23. The Hall–Kier alpha value is -3.12. The average molecular weight is 439 g/mol. The second-order valence-corrected chi connectivity index (χ2v) is 6.90. The largest absolute Gasteiger partial charge is 0.495 e. The molecule has 0 saturated heterocycles. The van der Waals surface area contributed by atoms with Gasteiger partial charge in [0.15, 0.2) is 6.17 Å². The highest BCUT2D eigenvalue weighted by atomic mass is 79.9. The van der Waals surface area contributed by atoms with Crippen LogP contribution in [0.3, 0.4) is 0 Å². The second-order valence-electron chi connectivity index (χ2n) is 5.99. The van der Waals surface area contributed by atoms with Crippen molar-refractivity contribution in [2.75, 3.05) is 12.4 Å². The number of Topliss-reactive ketones (excluding diaryl/α,β-unsaturated/α-hetero) is 1. The SMILES string of the molecule is COc1ccccc1N[C@@H](NC(=O)c1ccc(Br)cc1)C(=O)c1ccccc1. The van der Waals surface area contributed by atoms with Crippen molar-refractivity contribution in [3.63, 3.8) is 0 Å². The van der Waals surface area contributed by atoms with Crippen LogP contribution in [0.4, 0.5) is 5.69 Å². The fourth-order valence-electron chi connectivity index (χ4n) is 2.67. The first kappa shape index (κ1) is 19.6. The molecule has 3 aromatic carbocycles. The normalized spacial score (nSPS) is 11.4. The summed E-state index contributed by atoms with van der Waals surface area (Å²) in [5, 5.41) is 5.87. The summed E-state index contributed by atoms with van der Waals surface area (Å²) in [6.07, 6.45) is -0.963. The van der Waals surface area contributed by atoms with Crippen LogP contribution in [0.15, 0.2) is 83.3 Å². The van der Waals surface area contributed by atoms with Gasteiger partial charge in [-0.15, -0.1) is 0 Å². The molecule has 142 valence electrons. The van der Waals surface area contributed by atoms with Crippen LogP contribution in [0.25, 0.3) is 0 Å². The van der Waals surface area contributed by atoms with E-state index in [1.54, 1.807) is 67.8 Å². The van der Waals surface area contributed by atoms with E-state index in [-0.39, 0.29) is 11.7 Å². The lowest BCUT2D eigenvalue weighted by Gasteiger charge is -2.21. The Bertz CT molecular complexity index is 959. The van der Waals surface area contributed by atoms with Crippen LogP contribution in [-0.2, 0) is 0 Å². The summed E-state index contributed by atoms with van der Waals surface area (Å²) in [6, 6.07) is 23.0. The Morgan fingerprint density at radius 1 is 0.857 bits per heavy atom. The first-order valence-electron chi connectivity index (χ1n) is 8.64. The van der Waals surface area contributed by atoms with Crippen molar-refractivity contribution in [1.82, 2.24) is 5.32 Å². The number of hydrogen-bond acceptors (Lipinski definition) is 4. The Balaban J connectivity index is 1.88. The lowest BCUT2D eigenvalue weighted by atomic mass is 10.1. The van der Waals surface area contributed by atoms with Gasteiger partial charge in [-0.2, -0.15) is 0 Å². The van der Waals surface area contributed by atoms with Crippen molar-refractivity contribution < 1.29 is 14.3 Å². The Labute approximate surface area is 171 Å². The van der Waals surface area contributed by atoms with Gasteiger partial charge in [-0.25, -0.2) is 0 Å². The quantitative estimate of drug-likeness (QED) is 0.420. The fourth-order valence-corrected chi connectivity index (χ4v) is 2.94. The molecule has 0 heterocycles. The van der Waals surface area contributed by atoms with Crippen LogP contribution in [-0.4, -0.2) is 25.0 Å². The number of anilines is 1. The van der Waals surface area contributed by atoms with E-state index in [4.69, 9.17) is 4.74 Å². The molecule has 0 bridgehead atoms. The first-order valence-corrected chi connectivity index (χ1v) is 9.43. The summed E-state index contributed by atoms with van der Waals surface area (Å²) in [5.41, 5.74) is 1.55. The molecule has 2 N–H and O–H groups in total. The molecule has 1 atom stereocenters. The standard InChI is InChI=1S/C22H19BrN2O3/c1-28-19-10-6-5-9-18(19)24-21(20(26)15-7-3-2-4-8-15)25-22(27)16-11-13-17(23)14-12-16/h2-14,21,24H,1H3,(H,25,27)/t21-/m0/s1. The van der Waals surface area contributed by atoms with E-state index in [9.17, 15) is 9.59 Å². The lowest BCUT2D eigenvalue weighted by Crippen LogP contribution is -2.46. The number of amides is 1. The highest BCUT2D eigenvalue weighted by molar-refractivity contribution is 9.10. The summed E-state index contributed by atoms with van der Waals surface area (Å²) in [4.78, 5) is 25.7. The number of benzene rings is 3. The van der Waals surface area contributed by atoms with Crippen molar-refractivity contribution >= 4 is 33.3 Å². The predicted octanol–water partition coefficient (Wildman–Crippen LogP) is 4.51. The number of rotatable bonds is 7. The maximum Gasteiger partial charge on any atom is 0.253 e. The minimum absolute atomic E-state index is 0.253. The van der Waals surface area contributed by atoms with Gasteiger partial charge in [0.25, 0.3) is 5.91 Å². The van der Waals surface area contributed by atoms with Gasteiger partial charge in [0.1, 0.15) is 5.75 Å². The molecule has 0 radical (unpaired) electrons. The number of methoxy groups -OCH3 is 1. The minimum Gasteiger partial charge on any atom is -0.495 e. The van der Waals surface area contributed by atoms with E-state index in [0.29, 0.717) is 22.6 Å². The van der Waals surface area contributed by atoms with Gasteiger partial charge in [0.05, 0.1) is 12.8 Å². The van der Waals surface area contributed by atoms with Crippen LogP contribution in [0.1, 0.15) is 20.7 Å². The zero-order valence-corrected chi connectivity index (χ0v) is 16.8. The van der Waals surface area contributed by atoms with Crippen molar-refractivity contribution in [1.29, 1.82) is 0 Å². The maximum atomic E-state index is 13.0. The van der Waals surface area contributed by atoms with Crippen LogP contribution in [0.2, 0.25) is 0 Å². The summed E-state index contributed by atoms with van der Waals surface area (Å²) in [5.74, 6) is -0.0348. The van der Waals surface area contributed by atoms with E-state index in [1.165, 1.54) is 0 Å². The molecule has 0 fully saturated rings. The summed E-state index contributed by atoms with van der Waals surface area (Å²) in [7, 11) is 1.55. The van der Waals surface area contributed by atoms with Crippen molar-refractivity contribution in [2.24, 2.45) is 0 Å². The number of halogens is 1. The number of carbonyl (C=O) groups is 2. The molecule has 0 aliphatic rings. The van der Waals surface area contributed by atoms with Crippen molar-refractivity contribution in [2.45, 2.75) is 6.17 Å². The van der Waals surface area contributed by atoms with Gasteiger partial charge in [0.2, 0.25) is 5.78 Å². The average Bonchev–Trinajstić information content (AvgIpc) is 2.74. The maximum absolute atomic E-state index is 13.0. The smallest absolute Gasteiger partial charge is 0.253 e. The Morgan fingerprint density at radius 3 is 2.18 bits per heavy atom. The van der Waals surface area contributed by atoms with Gasteiger partial charge in [-0.3, -0.25) is 9.59 Å². The van der Waals surface area contributed by atoms with Gasteiger partial charge in [-0.1, -0.05) is 58.4 Å². The third kappa shape index (κ3) is 4.78. The lowest BCUT2D eigenvalue weighted by molar-refractivity contribution is 0.0869. The topological polar surface area (TPSA) is 67.4 Å². The van der Waals surface area contributed by atoms with E-state index < -0.39 is 6.17 Å². The van der Waals surface area contributed by atoms with Crippen LogP contribution in [0, 0.1) is 0 Å². The molecular weight excluding hydrogens is 420 g/mol. The van der Waals surface area contributed by atoms with Crippen LogP contribution in [0.5, 0.6) is 5.75 Å². The number of ketones is 1. The minimum atomic E-state index is -0.963. The molecule has 5 nitrogen and oxygen atoms in total. The molecule has 0 aliphatic heterocycles. The van der Waals surface area contributed by atoms with Crippen molar-refractivity contribution in [3.05, 3.63) is 94.5 Å². The van der Waals surface area contributed by atoms with Crippen LogP contribution < -0.4 is 15.4 Å². The summed E-state index contributed by atoms with van der Waals surface area (Å²) >= 11 is 3.35. The molecule has 0 aliphatic carbocycles. The van der Waals surface area contributed by atoms with Gasteiger partial charge in [-0.05, 0) is 36.4 Å².